The van der Waals surface area contributed by atoms with Crippen LogP contribution in [0.4, 0.5) is 5.69 Å². The maximum atomic E-state index is 12.3. The van der Waals surface area contributed by atoms with Gasteiger partial charge in [0.2, 0.25) is 5.91 Å². The van der Waals surface area contributed by atoms with E-state index in [4.69, 9.17) is 9.84 Å². The summed E-state index contributed by atoms with van der Waals surface area (Å²) in [5, 5.41) is 11.6. The van der Waals surface area contributed by atoms with E-state index in [0.717, 1.165) is 0 Å². The molecule has 8 nitrogen and oxygen atoms in total. The molecule has 0 saturated heterocycles. The highest BCUT2D eigenvalue weighted by molar-refractivity contribution is 6.04. The second-order valence-electron chi connectivity index (χ2n) is 5.97. The second kappa shape index (κ2) is 8.46. The maximum absolute atomic E-state index is 12.3. The minimum Gasteiger partial charge on any atom is -0.482 e. The Balaban J connectivity index is 2.21. The molecule has 0 aliphatic carbocycles. The standard InChI is InChI=1S/C18H22N2O6/c1-3-5-12(18(24)25)19-16(22)9-20-13-8-11(14(21)4-2)6-7-15(13)26-10-17(20)23/h6-8,12H,3-5,9-10H2,1-2H3,(H,19,22)(H,24,25). The average molecular weight is 362 g/mol. The number of aliphatic carboxylic acids is 1. The van der Waals surface area contributed by atoms with Crippen LogP contribution < -0.4 is 15.0 Å². The first kappa shape index (κ1) is 19.4. The normalized spacial score (nSPS) is 14.2. The Kier molecular flexibility index (Phi) is 6.32. The van der Waals surface area contributed by atoms with E-state index >= 15 is 0 Å². The number of fused-ring (bicyclic) bond motifs is 1. The third kappa shape index (κ3) is 4.38. The number of anilines is 1. The number of ketones is 1. The summed E-state index contributed by atoms with van der Waals surface area (Å²) in [6.45, 7) is 2.98. The zero-order valence-corrected chi connectivity index (χ0v) is 14.8. The van der Waals surface area contributed by atoms with Crippen LogP contribution in [-0.4, -0.2) is 47.9 Å². The first-order valence-corrected chi connectivity index (χ1v) is 8.49. The molecule has 8 heteroatoms. The topological polar surface area (TPSA) is 113 Å². The van der Waals surface area contributed by atoms with E-state index in [2.05, 4.69) is 5.32 Å². The first-order valence-electron chi connectivity index (χ1n) is 8.49. The van der Waals surface area contributed by atoms with Crippen LogP contribution >= 0.6 is 0 Å². The summed E-state index contributed by atoms with van der Waals surface area (Å²) in [6.07, 6.45) is 1.20. The van der Waals surface area contributed by atoms with Gasteiger partial charge in [0.1, 0.15) is 18.3 Å². The molecule has 1 aliphatic heterocycles. The maximum Gasteiger partial charge on any atom is 0.326 e. The van der Waals surface area contributed by atoms with Gasteiger partial charge >= 0.3 is 5.97 Å². The summed E-state index contributed by atoms with van der Waals surface area (Å²) in [5.41, 5.74) is 0.752. The largest absolute Gasteiger partial charge is 0.482 e. The van der Waals surface area contributed by atoms with Crippen molar-refractivity contribution in [2.45, 2.75) is 39.2 Å². The molecule has 0 fully saturated rings. The number of amides is 2. The Morgan fingerprint density at radius 3 is 2.65 bits per heavy atom. The smallest absolute Gasteiger partial charge is 0.326 e. The van der Waals surface area contributed by atoms with Gasteiger partial charge in [-0.1, -0.05) is 20.3 Å². The number of carbonyl (C=O) groups is 4. The van der Waals surface area contributed by atoms with Crippen LogP contribution in [-0.2, 0) is 14.4 Å². The fraction of sp³-hybridized carbons (Fsp3) is 0.444. The molecule has 0 radical (unpaired) electrons. The number of carbonyl (C=O) groups excluding carboxylic acids is 3. The number of nitrogens with zero attached hydrogens (tertiary/aromatic N) is 1. The monoisotopic (exact) mass is 362 g/mol. The van der Waals surface area contributed by atoms with Crippen molar-refractivity contribution in [3.8, 4) is 5.75 Å². The fourth-order valence-corrected chi connectivity index (χ4v) is 2.68. The number of rotatable bonds is 8. The second-order valence-corrected chi connectivity index (χ2v) is 5.97. The Hall–Kier alpha value is -2.90. The molecule has 2 rings (SSSR count). The van der Waals surface area contributed by atoms with E-state index in [1.165, 1.54) is 11.0 Å². The van der Waals surface area contributed by atoms with Crippen LogP contribution in [0.3, 0.4) is 0 Å². The van der Waals surface area contributed by atoms with Gasteiger partial charge in [0.05, 0.1) is 5.69 Å². The predicted molar refractivity (Wildman–Crippen MR) is 93.4 cm³/mol. The van der Waals surface area contributed by atoms with Gasteiger partial charge in [-0.2, -0.15) is 0 Å². The Bertz CT molecular complexity index is 730. The molecule has 0 saturated carbocycles. The predicted octanol–water partition coefficient (Wildman–Crippen LogP) is 1.37. The van der Waals surface area contributed by atoms with Crippen molar-refractivity contribution < 1.29 is 29.0 Å². The van der Waals surface area contributed by atoms with Gasteiger partial charge < -0.3 is 15.2 Å². The molecule has 2 amide bonds. The lowest BCUT2D eigenvalue weighted by molar-refractivity contribution is -0.141. The van der Waals surface area contributed by atoms with Gasteiger partial charge in [0.25, 0.3) is 5.91 Å². The van der Waals surface area contributed by atoms with E-state index < -0.39 is 23.8 Å². The zero-order valence-electron chi connectivity index (χ0n) is 14.8. The Labute approximate surface area is 151 Å². The molecule has 1 atom stereocenters. The molecule has 140 valence electrons. The Morgan fingerprint density at radius 1 is 1.31 bits per heavy atom. The van der Waals surface area contributed by atoms with Crippen LogP contribution in [0.25, 0.3) is 0 Å². The minimum atomic E-state index is -1.12. The van der Waals surface area contributed by atoms with E-state index in [9.17, 15) is 19.2 Å². The van der Waals surface area contributed by atoms with Crippen molar-refractivity contribution in [1.29, 1.82) is 0 Å². The molecule has 26 heavy (non-hydrogen) atoms. The van der Waals surface area contributed by atoms with Crippen molar-refractivity contribution in [2.75, 3.05) is 18.1 Å². The van der Waals surface area contributed by atoms with Gasteiger partial charge in [-0.25, -0.2) is 4.79 Å². The van der Waals surface area contributed by atoms with Crippen LogP contribution in [0.5, 0.6) is 5.75 Å². The van der Waals surface area contributed by atoms with Gasteiger partial charge in [0, 0.05) is 12.0 Å². The third-order valence-electron chi connectivity index (χ3n) is 4.06. The van der Waals surface area contributed by atoms with Crippen LogP contribution in [0.1, 0.15) is 43.5 Å². The number of nitrogens with one attached hydrogen (secondary N) is 1. The zero-order chi connectivity index (χ0) is 19.3. The highest BCUT2D eigenvalue weighted by Gasteiger charge is 2.29. The summed E-state index contributed by atoms with van der Waals surface area (Å²) in [4.78, 5) is 48.8. The molecule has 1 aliphatic rings. The van der Waals surface area contributed by atoms with E-state index in [1.807, 2.05) is 6.92 Å². The van der Waals surface area contributed by atoms with Crippen molar-refractivity contribution in [3.63, 3.8) is 0 Å². The van der Waals surface area contributed by atoms with E-state index in [-0.39, 0.29) is 18.9 Å². The summed E-state index contributed by atoms with van der Waals surface area (Å²) in [5.74, 6) is -1.84. The van der Waals surface area contributed by atoms with Crippen LogP contribution in [0.15, 0.2) is 18.2 Å². The van der Waals surface area contributed by atoms with Gasteiger partial charge in [-0.3, -0.25) is 19.3 Å². The number of hydrogen-bond donors (Lipinski definition) is 2. The highest BCUT2D eigenvalue weighted by Crippen LogP contribution is 2.33. The van der Waals surface area contributed by atoms with E-state index in [0.29, 0.717) is 36.3 Å². The molecule has 1 unspecified atom stereocenters. The van der Waals surface area contributed by atoms with Crippen molar-refractivity contribution >= 4 is 29.3 Å². The first-order chi connectivity index (χ1) is 12.4. The van der Waals surface area contributed by atoms with Crippen molar-refractivity contribution in [3.05, 3.63) is 23.8 Å². The van der Waals surface area contributed by atoms with E-state index in [1.54, 1.807) is 19.1 Å². The number of carboxylic acids is 1. The summed E-state index contributed by atoms with van der Waals surface area (Å²) >= 11 is 0. The molecule has 2 N–H and O–H groups in total. The molecule has 0 spiro atoms. The van der Waals surface area contributed by atoms with Gasteiger partial charge in [-0.15, -0.1) is 0 Å². The molecule has 0 aromatic heterocycles. The number of Topliss-reactive ketones (excluding diaryl/α,β-unsaturated/α-hetero) is 1. The lowest BCUT2D eigenvalue weighted by Gasteiger charge is -2.29. The lowest BCUT2D eigenvalue weighted by atomic mass is 10.1. The van der Waals surface area contributed by atoms with Crippen molar-refractivity contribution in [1.82, 2.24) is 5.32 Å². The van der Waals surface area contributed by atoms with Crippen LogP contribution in [0, 0.1) is 0 Å². The SMILES string of the molecule is CCCC(NC(=O)CN1C(=O)COc2ccc(C(=O)CC)cc21)C(=O)O. The molecule has 1 aromatic rings. The quantitative estimate of drug-likeness (QED) is 0.676. The van der Waals surface area contributed by atoms with Crippen molar-refractivity contribution in [2.24, 2.45) is 0 Å². The Morgan fingerprint density at radius 2 is 2.04 bits per heavy atom. The summed E-state index contributed by atoms with van der Waals surface area (Å²) in [7, 11) is 0. The third-order valence-corrected chi connectivity index (χ3v) is 4.06. The molecular weight excluding hydrogens is 340 g/mol. The fourth-order valence-electron chi connectivity index (χ4n) is 2.68. The number of ether oxygens (including phenoxy) is 1. The van der Waals surface area contributed by atoms with Crippen LogP contribution in [0.2, 0.25) is 0 Å². The average Bonchev–Trinajstić information content (AvgIpc) is 2.62. The number of hydrogen-bond acceptors (Lipinski definition) is 5. The molecule has 1 heterocycles. The number of benzene rings is 1. The number of carboxylic acid groups (broad SMARTS) is 1. The lowest BCUT2D eigenvalue weighted by Crippen LogP contribution is -2.49. The molecule has 1 aromatic carbocycles. The van der Waals surface area contributed by atoms with Gasteiger partial charge in [0.15, 0.2) is 12.4 Å². The molecular formula is C18H22N2O6. The summed E-state index contributed by atoms with van der Waals surface area (Å²) < 4.78 is 5.35. The summed E-state index contributed by atoms with van der Waals surface area (Å²) in [6, 6.07) is 3.72. The van der Waals surface area contributed by atoms with Gasteiger partial charge in [-0.05, 0) is 24.6 Å². The molecule has 0 bridgehead atoms. The minimum absolute atomic E-state index is 0.0934. The highest BCUT2D eigenvalue weighted by atomic mass is 16.5.